The number of amides is 2. The van der Waals surface area contributed by atoms with Crippen LogP contribution in [0.25, 0.3) is 60.9 Å². The fourth-order valence-corrected chi connectivity index (χ4v) is 21.9. The Morgan fingerprint density at radius 1 is 0.476 bits per heavy atom. The highest BCUT2D eigenvalue weighted by Crippen LogP contribution is 2.59. The second-order valence-corrected chi connectivity index (χ2v) is 30.5. The van der Waals surface area contributed by atoms with E-state index in [1.165, 1.54) is 139 Å². The van der Waals surface area contributed by atoms with Crippen LogP contribution >= 0.6 is 68.0 Å². The SMILES string of the molecule is CCCCCCCN1C(=O)c2sc3c(-c4cc5c(-c6ccc(CC(CC)CCCC)s6)c6sc(C(CC)(CCC)c7ccccc7)cc6c(-c6ccc(CC(CC)CCCC)s6)c5s4)sc(C(C)(CCCC)c4ccccc4)c3c2C1=O. The van der Waals surface area contributed by atoms with Gasteiger partial charge in [-0.05, 0) is 97.9 Å². The lowest BCUT2D eigenvalue weighted by atomic mass is 9.73. The van der Waals surface area contributed by atoms with Gasteiger partial charge >= 0.3 is 0 Å². The molecule has 0 N–H and O–H groups in total. The number of fused-ring (bicyclic) bond motifs is 5. The van der Waals surface area contributed by atoms with Crippen molar-refractivity contribution in [2.45, 2.75) is 208 Å². The molecule has 0 spiro atoms. The normalized spacial score (nSPS) is 15.1. The van der Waals surface area contributed by atoms with Gasteiger partial charge in [0, 0.05) is 88.2 Å². The Balaban J connectivity index is 1.26. The molecule has 9 aromatic rings. The van der Waals surface area contributed by atoms with Gasteiger partial charge in [0.15, 0.2) is 0 Å². The summed E-state index contributed by atoms with van der Waals surface area (Å²) in [6.07, 6.45) is 23.9. The molecule has 3 aromatic carbocycles. The van der Waals surface area contributed by atoms with E-state index in [0.717, 1.165) is 87.1 Å². The van der Waals surface area contributed by atoms with Gasteiger partial charge in [0.1, 0.15) is 4.88 Å². The number of rotatable bonds is 31. The van der Waals surface area contributed by atoms with Gasteiger partial charge in [0.05, 0.1) is 15.1 Å². The van der Waals surface area contributed by atoms with E-state index in [1.807, 2.05) is 45.3 Å². The lowest BCUT2D eigenvalue weighted by molar-refractivity contribution is 0.0653. The van der Waals surface area contributed by atoms with Crippen molar-refractivity contribution in [3.8, 4) is 30.6 Å². The van der Waals surface area contributed by atoms with Crippen molar-refractivity contribution >= 4 is 110 Å². The first-order chi connectivity index (χ1) is 40.0. The molecule has 1 aliphatic heterocycles. The number of hydrogen-bond donors (Lipinski definition) is 0. The molecular formula is C73H89NO2S6. The van der Waals surface area contributed by atoms with Crippen LogP contribution in [0.4, 0.5) is 0 Å². The molecule has 82 heavy (non-hydrogen) atoms. The molecule has 7 heterocycles. The smallest absolute Gasteiger partial charge is 0.271 e. The first-order valence-corrected chi connectivity index (χ1v) is 36.7. The van der Waals surface area contributed by atoms with Gasteiger partial charge in [-0.1, -0.05) is 219 Å². The van der Waals surface area contributed by atoms with E-state index in [0.29, 0.717) is 28.8 Å². The third-order valence-corrected chi connectivity index (χ3v) is 26.2. The number of imide groups is 1. The molecule has 9 heteroatoms. The Morgan fingerprint density at radius 3 is 1.62 bits per heavy atom. The number of carbonyl (C=O) groups is 2. The molecule has 10 rings (SSSR count). The third kappa shape index (κ3) is 11.9. The number of benzene rings is 3. The molecule has 0 radical (unpaired) electrons. The van der Waals surface area contributed by atoms with E-state index >= 15 is 4.79 Å². The minimum atomic E-state index is -0.374. The first-order valence-electron chi connectivity index (χ1n) is 31.8. The maximum Gasteiger partial charge on any atom is 0.271 e. The van der Waals surface area contributed by atoms with E-state index in [2.05, 4.69) is 171 Å². The van der Waals surface area contributed by atoms with Crippen LogP contribution in [-0.4, -0.2) is 23.3 Å². The van der Waals surface area contributed by atoms with Gasteiger partial charge in [0.25, 0.3) is 11.8 Å². The van der Waals surface area contributed by atoms with E-state index in [9.17, 15) is 4.79 Å². The summed E-state index contributed by atoms with van der Waals surface area (Å²) < 4.78 is 3.85. The van der Waals surface area contributed by atoms with Gasteiger partial charge in [-0.25, -0.2) is 0 Å². The number of hydrogen-bond acceptors (Lipinski definition) is 8. The topological polar surface area (TPSA) is 37.4 Å². The van der Waals surface area contributed by atoms with E-state index < -0.39 is 0 Å². The molecule has 0 saturated carbocycles. The molecule has 0 aliphatic carbocycles. The monoisotopic (exact) mass is 1200 g/mol. The minimum absolute atomic E-state index is 0.0982. The zero-order valence-corrected chi connectivity index (χ0v) is 55.6. The molecule has 0 fully saturated rings. The number of carbonyl (C=O) groups excluding carboxylic acids is 2. The molecule has 2 amide bonds. The van der Waals surface area contributed by atoms with Crippen molar-refractivity contribution in [3.63, 3.8) is 0 Å². The maximum atomic E-state index is 15.1. The molecule has 434 valence electrons. The molecule has 4 unspecified atom stereocenters. The summed E-state index contributed by atoms with van der Waals surface area (Å²) in [6, 6.07) is 37.5. The Hall–Kier alpha value is -4.22. The van der Waals surface area contributed by atoms with Gasteiger partial charge in [-0.2, -0.15) is 0 Å². The summed E-state index contributed by atoms with van der Waals surface area (Å²) >= 11 is 11.6. The molecular weight excluding hydrogens is 1120 g/mol. The second-order valence-electron chi connectivity index (χ2n) is 24.0. The Kier molecular flexibility index (Phi) is 20.4. The van der Waals surface area contributed by atoms with Gasteiger partial charge in [0.2, 0.25) is 0 Å². The summed E-state index contributed by atoms with van der Waals surface area (Å²) in [7, 11) is 0. The van der Waals surface area contributed by atoms with Crippen LogP contribution in [0, 0.1) is 11.8 Å². The predicted octanol–water partition coefficient (Wildman–Crippen LogP) is 24.6. The molecule has 6 aromatic heterocycles. The van der Waals surface area contributed by atoms with Crippen molar-refractivity contribution in [2.75, 3.05) is 6.54 Å². The van der Waals surface area contributed by atoms with Crippen LogP contribution in [0.1, 0.15) is 235 Å². The highest BCUT2D eigenvalue weighted by molar-refractivity contribution is 7.32. The molecule has 4 atom stereocenters. The van der Waals surface area contributed by atoms with Crippen LogP contribution in [0.5, 0.6) is 0 Å². The van der Waals surface area contributed by atoms with Gasteiger partial charge in [-0.15, -0.1) is 68.0 Å². The van der Waals surface area contributed by atoms with Crippen LogP contribution in [0.2, 0.25) is 0 Å². The Morgan fingerprint density at radius 2 is 1.05 bits per heavy atom. The Labute approximate surface area is 515 Å². The Bertz CT molecular complexity index is 3470. The largest absolute Gasteiger partial charge is 0.274 e. The lowest BCUT2D eigenvalue weighted by Crippen LogP contribution is -2.31. The van der Waals surface area contributed by atoms with E-state index in [-0.39, 0.29) is 22.6 Å². The summed E-state index contributed by atoms with van der Waals surface area (Å²) in [6.45, 7) is 21.6. The highest BCUT2D eigenvalue weighted by Gasteiger charge is 2.44. The lowest BCUT2D eigenvalue weighted by Gasteiger charge is -2.32. The first kappa shape index (κ1) is 60.9. The van der Waals surface area contributed by atoms with Crippen molar-refractivity contribution in [1.29, 1.82) is 0 Å². The molecule has 0 saturated heterocycles. The van der Waals surface area contributed by atoms with Crippen molar-refractivity contribution in [1.82, 2.24) is 4.90 Å². The van der Waals surface area contributed by atoms with Gasteiger partial charge in [-0.3, -0.25) is 14.5 Å². The maximum absolute atomic E-state index is 15.1. The number of nitrogens with zero attached hydrogens (tertiary/aromatic N) is 1. The highest BCUT2D eigenvalue weighted by atomic mass is 32.1. The van der Waals surface area contributed by atoms with Crippen molar-refractivity contribution < 1.29 is 9.59 Å². The number of thiophene rings is 6. The van der Waals surface area contributed by atoms with Gasteiger partial charge < -0.3 is 0 Å². The standard InChI is InChI=1S/C73H89NO2S6/c1-10-18-22-23-30-43-74-70(75)63-62-67(81-68(63)71(74)76)66(82-69(62)72(9,42-21-13-4)50-33-26-24-27-34-50)58-46-54-60(56-39-37-52(77-56)44-48(15-6)31-19-11-2)65-55(47-59(80-65)73(17-8,41-14-5)51-35-28-25-29-36-51)61(64(54)79-58)57-40-38-53(78-57)45-49(16-7)32-20-12-3/h24-29,33-40,46-49H,10-23,30-32,41-45H2,1-9H3. The van der Waals surface area contributed by atoms with Crippen LogP contribution in [0.3, 0.4) is 0 Å². The summed E-state index contributed by atoms with van der Waals surface area (Å²) in [4.78, 5) is 42.9. The third-order valence-electron chi connectivity index (χ3n) is 18.5. The fraction of sp³-hybridized carbons (Fsp3) is 0.479. The molecule has 3 nitrogen and oxygen atoms in total. The van der Waals surface area contributed by atoms with Crippen molar-refractivity contribution in [3.05, 3.63) is 138 Å². The second kappa shape index (κ2) is 27.4. The zero-order chi connectivity index (χ0) is 57.5. The minimum Gasteiger partial charge on any atom is -0.274 e. The van der Waals surface area contributed by atoms with Crippen LogP contribution < -0.4 is 0 Å². The predicted molar refractivity (Wildman–Crippen MR) is 366 cm³/mol. The summed E-state index contributed by atoms with van der Waals surface area (Å²) in [5, 5.41) is 3.73. The van der Waals surface area contributed by atoms with E-state index in [1.54, 1.807) is 16.2 Å². The average molecular weight is 1200 g/mol. The zero-order valence-electron chi connectivity index (χ0n) is 50.7. The average Bonchev–Trinajstić information content (AvgIpc) is 2.62. The molecule has 0 bridgehead atoms. The van der Waals surface area contributed by atoms with E-state index in [4.69, 9.17) is 0 Å². The van der Waals surface area contributed by atoms with Crippen LogP contribution in [-0.2, 0) is 23.7 Å². The molecule has 1 aliphatic rings. The summed E-state index contributed by atoms with van der Waals surface area (Å²) in [5.41, 5.74) is 5.60. The number of unbranched alkanes of at least 4 members (excludes halogenated alkanes) is 7. The van der Waals surface area contributed by atoms with Crippen molar-refractivity contribution in [2.24, 2.45) is 11.8 Å². The van der Waals surface area contributed by atoms with Crippen LogP contribution in [0.15, 0.2) is 97.1 Å². The fourth-order valence-electron chi connectivity index (χ4n) is 13.5. The summed E-state index contributed by atoms with van der Waals surface area (Å²) in [5.74, 6) is 1.16. The quantitative estimate of drug-likeness (QED) is 0.0321.